The lowest BCUT2D eigenvalue weighted by molar-refractivity contribution is -0.138. The molecule has 11 heteroatoms. The molecule has 0 unspecified atom stereocenters. The Morgan fingerprint density at radius 2 is 0.824 bits per heavy atom. The Bertz CT molecular complexity index is 4200. The number of rotatable bonds is 7. The summed E-state index contributed by atoms with van der Waals surface area (Å²) in [6, 6.07) is 62.6. The van der Waals surface area contributed by atoms with Crippen molar-refractivity contribution in [2.45, 2.75) is 26.2 Å². The largest absolute Gasteiger partial charge is 0.416 e. The monoisotopic (exact) mass is 979 g/mol. The van der Waals surface area contributed by atoms with E-state index in [0.717, 1.165) is 61.4 Å². The summed E-state index contributed by atoms with van der Waals surface area (Å²) in [6.07, 6.45) is -9.06. The molecule has 0 radical (unpaired) electrons. The number of para-hydroxylation sites is 2. The van der Waals surface area contributed by atoms with Crippen molar-refractivity contribution in [1.82, 2.24) is 19.1 Å². The predicted octanol–water partition coefficient (Wildman–Crippen LogP) is 17.5. The van der Waals surface area contributed by atoms with E-state index < -0.39 is 23.5 Å². The van der Waals surface area contributed by atoms with Crippen LogP contribution in [0.2, 0.25) is 0 Å². The Morgan fingerprint density at radius 3 is 1.28 bits per heavy atom. The lowest BCUT2D eigenvalue weighted by Gasteiger charge is -2.19. The van der Waals surface area contributed by atoms with E-state index in [1.165, 1.54) is 12.1 Å². The van der Waals surface area contributed by atoms with Crippen LogP contribution in [0.3, 0.4) is 0 Å². The fourth-order valence-electron chi connectivity index (χ4n) is 10.3. The van der Waals surface area contributed by atoms with Crippen LogP contribution < -0.4 is 0 Å². The van der Waals surface area contributed by atoms with E-state index in [1.54, 1.807) is 32.0 Å². The third kappa shape index (κ3) is 8.01. The maximum absolute atomic E-state index is 14.1. The zero-order valence-corrected chi connectivity index (χ0v) is 39.6. The fraction of sp³-hybridized carbons (Fsp3) is 0.0635. The Labute approximate surface area is 420 Å². The van der Waals surface area contributed by atoms with Crippen molar-refractivity contribution < 1.29 is 26.3 Å². The molecule has 0 saturated heterocycles. The highest BCUT2D eigenvalue weighted by molar-refractivity contribution is 6.12. The highest BCUT2D eigenvalue weighted by atomic mass is 19.4. The van der Waals surface area contributed by atoms with E-state index in [0.29, 0.717) is 78.6 Å². The molecular formula is C63H39F6N5. The summed E-state index contributed by atoms with van der Waals surface area (Å²) < 4.78 is 88.8. The molecule has 0 amide bonds. The van der Waals surface area contributed by atoms with Crippen LogP contribution in [0.4, 0.5) is 26.3 Å². The van der Waals surface area contributed by atoms with Gasteiger partial charge < -0.3 is 9.13 Å². The summed E-state index contributed by atoms with van der Waals surface area (Å²) in [4.78, 5) is 10.6. The Hall–Kier alpha value is -9.27. The van der Waals surface area contributed by atoms with Crippen molar-refractivity contribution >= 4 is 43.6 Å². The van der Waals surface area contributed by atoms with Gasteiger partial charge in [0.1, 0.15) is 6.07 Å². The number of hydrogen-bond acceptors (Lipinski definition) is 3. The molecule has 12 rings (SSSR count). The minimum absolute atomic E-state index is 0.300. The summed E-state index contributed by atoms with van der Waals surface area (Å²) in [5.74, 6) is 0.357. The van der Waals surface area contributed by atoms with Crippen molar-refractivity contribution in [2.75, 3.05) is 0 Å². The van der Waals surface area contributed by atoms with E-state index in [1.807, 2.05) is 162 Å². The van der Waals surface area contributed by atoms with Gasteiger partial charge in [-0.15, -0.1) is 0 Å². The standard InChI is InChI=1S/C63H39F6N5/c1-37-25-43(29-46(27-37)62(64,65)66)41-21-23-57-50(31-41)48-17-9-11-19-55(48)73(57)59-34-52(61-71-53(39-13-5-3-6-14-39)35-54(72-61)40-15-7-4-8-16-40)60(33-45(59)36-70)74-56-20-12-10-18-49(56)51-32-42(22-24-58(51)74)44-26-38(2)28-47(30-44)63(67,68)69/h3-35H,1-2H3. The van der Waals surface area contributed by atoms with Gasteiger partial charge in [0.05, 0.1) is 61.5 Å². The number of benzene rings is 9. The maximum atomic E-state index is 14.1. The highest BCUT2D eigenvalue weighted by Gasteiger charge is 2.32. The van der Waals surface area contributed by atoms with Crippen molar-refractivity contribution in [1.29, 1.82) is 5.26 Å². The maximum Gasteiger partial charge on any atom is 0.416 e. The molecule has 0 aliphatic rings. The molecule has 74 heavy (non-hydrogen) atoms. The SMILES string of the molecule is Cc1cc(-c2ccc3c(c2)c2ccccc2n3-c2cc(-c3nc(-c4ccccc4)cc(-c4ccccc4)n3)c(-n3c4ccccc4c4cc(-c5cc(C)cc(C(F)(F)F)c5)ccc43)cc2C#N)cc(C(F)(F)F)c1. The number of fused-ring (bicyclic) bond motifs is 6. The molecule has 0 aliphatic heterocycles. The number of nitriles is 1. The molecule has 12 aromatic rings. The second-order valence-electron chi connectivity index (χ2n) is 18.5. The van der Waals surface area contributed by atoms with E-state index >= 15 is 0 Å². The van der Waals surface area contributed by atoms with Crippen LogP contribution in [0.1, 0.15) is 27.8 Å². The van der Waals surface area contributed by atoms with Crippen LogP contribution in [0.25, 0.3) is 111 Å². The highest BCUT2D eigenvalue weighted by Crippen LogP contribution is 2.44. The van der Waals surface area contributed by atoms with Crippen LogP contribution in [0.5, 0.6) is 0 Å². The first-order chi connectivity index (χ1) is 35.7. The van der Waals surface area contributed by atoms with Crippen molar-refractivity contribution in [3.05, 3.63) is 228 Å². The van der Waals surface area contributed by atoms with Gasteiger partial charge in [0.2, 0.25) is 0 Å². The summed E-state index contributed by atoms with van der Waals surface area (Å²) >= 11 is 0. The van der Waals surface area contributed by atoms with Crippen LogP contribution in [-0.4, -0.2) is 19.1 Å². The molecule has 5 nitrogen and oxygen atoms in total. The lowest BCUT2D eigenvalue weighted by atomic mass is 9.98. The van der Waals surface area contributed by atoms with Gasteiger partial charge in [-0.2, -0.15) is 31.6 Å². The predicted molar refractivity (Wildman–Crippen MR) is 282 cm³/mol. The summed E-state index contributed by atoms with van der Waals surface area (Å²) in [7, 11) is 0. The van der Waals surface area contributed by atoms with E-state index in [-0.39, 0.29) is 0 Å². The van der Waals surface area contributed by atoms with E-state index in [2.05, 4.69) is 10.6 Å². The lowest BCUT2D eigenvalue weighted by Crippen LogP contribution is -2.06. The summed E-state index contributed by atoms with van der Waals surface area (Å²) in [5.41, 5.74) is 9.50. The molecule has 0 aliphatic carbocycles. The van der Waals surface area contributed by atoms with Gasteiger partial charge in [0, 0.05) is 38.2 Å². The van der Waals surface area contributed by atoms with Gasteiger partial charge in [-0.1, -0.05) is 121 Å². The van der Waals surface area contributed by atoms with Crippen molar-refractivity contribution in [2.24, 2.45) is 0 Å². The zero-order valence-electron chi connectivity index (χ0n) is 39.6. The molecule has 9 aromatic carbocycles. The molecule has 0 atom stereocenters. The summed E-state index contributed by atoms with van der Waals surface area (Å²) in [6.45, 7) is 3.30. The third-order valence-electron chi connectivity index (χ3n) is 13.6. The molecule has 0 fully saturated rings. The van der Waals surface area contributed by atoms with Crippen LogP contribution >= 0.6 is 0 Å². The van der Waals surface area contributed by atoms with Crippen LogP contribution in [0, 0.1) is 25.2 Å². The van der Waals surface area contributed by atoms with E-state index in [4.69, 9.17) is 9.97 Å². The fourth-order valence-corrected chi connectivity index (χ4v) is 10.3. The second-order valence-corrected chi connectivity index (χ2v) is 18.5. The zero-order chi connectivity index (χ0) is 51.0. The molecule has 3 heterocycles. The van der Waals surface area contributed by atoms with Crippen LogP contribution in [-0.2, 0) is 12.4 Å². The summed E-state index contributed by atoms with van der Waals surface area (Å²) in [5, 5.41) is 14.6. The molecule has 358 valence electrons. The number of halogens is 6. The first-order valence-electron chi connectivity index (χ1n) is 23.7. The molecule has 0 bridgehead atoms. The number of alkyl halides is 6. The van der Waals surface area contributed by atoms with Gasteiger partial charge in [0.25, 0.3) is 0 Å². The normalized spacial score (nSPS) is 12.0. The minimum atomic E-state index is -4.53. The minimum Gasteiger partial charge on any atom is -0.308 e. The van der Waals surface area contributed by atoms with Gasteiger partial charge in [0.15, 0.2) is 5.82 Å². The number of aryl methyl sites for hydroxylation is 2. The quantitative estimate of drug-likeness (QED) is 0.150. The van der Waals surface area contributed by atoms with Crippen LogP contribution in [0.15, 0.2) is 200 Å². The van der Waals surface area contributed by atoms with Gasteiger partial charge in [-0.3, -0.25) is 0 Å². The Kier molecular flexibility index (Phi) is 10.8. The second kappa shape index (κ2) is 17.5. The molecular weight excluding hydrogens is 941 g/mol. The molecule has 0 saturated carbocycles. The van der Waals surface area contributed by atoms with Gasteiger partial charge in [-0.05, 0) is 126 Å². The molecule has 0 spiro atoms. The van der Waals surface area contributed by atoms with Gasteiger partial charge >= 0.3 is 12.4 Å². The topological polar surface area (TPSA) is 59.4 Å². The first kappa shape index (κ1) is 45.8. The molecule has 0 N–H and O–H groups in total. The first-order valence-corrected chi connectivity index (χ1v) is 23.7. The van der Waals surface area contributed by atoms with Gasteiger partial charge in [-0.25, -0.2) is 9.97 Å². The smallest absolute Gasteiger partial charge is 0.308 e. The van der Waals surface area contributed by atoms with Crippen molar-refractivity contribution in [3.8, 4) is 73.6 Å². The number of hydrogen-bond donors (Lipinski definition) is 0. The third-order valence-corrected chi connectivity index (χ3v) is 13.6. The Morgan fingerprint density at radius 1 is 0.392 bits per heavy atom. The van der Waals surface area contributed by atoms with Crippen molar-refractivity contribution in [3.63, 3.8) is 0 Å². The number of aromatic nitrogens is 4. The molecule has 3 aromatic heterocycles. The van der Waals surface area contributed by atoms with E-state index in [9.17, 15) is 31.6 Å². The number of nitrogens with zero attached hydrogens (tertiary/aromatic N) is 5. The Balaban J connectivity index is 1.15. The average Bonchev–Trinajstić information content (AvgIpc) is 3.95. The average molecular weight is 980 g/mol.